The number of hydrogen-bond acceptors (Lipinski definition) is 5. The summed E-state index contributed by atoms with van der Waals surface area (Å²) in [5, 5.41) is 7.97. The maximum Gasteiger partial charge on any atom is 0.116 e. The van der Waals surface area contributed by atoms with Crippen molar-refractivity contribution in [3.05, 3.63) is 36.6 Å². The molecule has 25 heavy (non-hydrogen) atoms. The molecular formula is C19H23N5S. The van der Waals surface area contributed by atoms with Crippen molar-refractivity contribution in [3.8, 4) is 10.4 Å². The molecule has 3 aromatic rings. The third-order valence-electron chi connectivity index (χ3n) is 4.43. The van der Waals surface area contributed by atoms with Crippen LogP contribution in [0.4, 0.5) is 0 Å². The lowest BCUT2D eigenvalue weighted by Crippen LogP contribution is -2.53. The number of aromatic nitrogens is 4. The molecule has 0 amide bonds. The van der Waals surface area contributed by atoms with Crippen molar-refractivity contribution in [1.82, 2.24) is 25.1 Å². The van der Waals surface area contributed by atoms with Crippen LogP contribution in [0.3, 0.4) is 0 Å². The van der Waals surface area contributed by atoms with Crippen LogP contribution in [-0.4, -0.2) is 30.8 Å². The third kappa shape index (κ3) is 3.12. The first-order valence-corrected chi connectivity index (χ1v) is 9.29. The van der Waals surface area contributed by atoms with Crippen LogP contribution >= 0.6 is 11.3 Å². The quantitative estimate of drug-likeness (QED) is 0.756. The number of rotatable bonds is 2. The Kier molecular flexibility index (Phi) is 3.60. The Morgan fingerprint density at radius 2 is 2.00 bits per heavy atom. The zero-order chi connectivity index (χ0) is 17.8. The van der Waals surface area contributed by atoms with Crippen LogP contribution in [0, 0.1) is 0 Å². The predicted octanol–water partition coefficient (Wildman–Crippen LogP) is 4.03. The molecule has 0 saturated heterocycles. The summed E-state index contributed by atoms with van der Waals surface area (Å²) in [7, 11) is 1.94. The van der Waals surface area contributed by atoms with Crippen LogP contribution in [0.15, 0.2) is 30.9 Å². The van der Waals surface area contributed by atoms with Gasteiger partial charge in [-0.3, -0.25) is 4.68 Å². The highest BCUT2D eigenvalue weighted by Crippen LogP contribution is 2.39. The monoisotopic (exact) mass is 353 g/mol. The summed E-state index contributed by atoms with van der Waals surface area (Å²) in [6.45, 7) is 8.91. The molecule has 1 N–H and O–H groups in total. The van der Waals surface area contributed by atoms with Crippen LogP contribution in [0.1, 0.15) is 39.8 Å². The second-order valence-corrected chi connectivity index (χ2v) is 9.08. The first-order valence-electron chi connectivity index (χ1n) is 8.47. The van der Waals surface area contributed by atoms with Gasteiger partial charge in [-0.1, -0.05) is 6.08 Å². The fourth-order valence-corrected chi connectivity index (χ4v) is 4.95. The largest absolute Gasteiger partial charge is 0.303 e. The molecule has 0 aliphatic carbocycles. The summed E-state index contributed by atoms with van der Waals surface area (Å²) in [6, 6.07) is 2.14. The molecule has 0 atom stereocenters. The Labute approximate surface area is 151 Å². The van der Waals surface area contributed by atoms with Crippen LogP contribution in [0.5, 0.6) is 0 Å². The van der Waals surface area contributed by atoms with Crippen LogP contribution < -0.4 is 5.32 Å². The van der Waals surface area contributed by atoms with Crippen molar-refractivity contribution >= 4 is 27.1 Å². The first-order chi connectivity index (χ1) is 11.7. The molecule has 5 nitrogen and oxygen atoms in total. The fourth-order valence-electron chi connectivity index (χ4n) is 3.84. The molecule has 6 heteroatoms. The molecule has 1 aliphatic heterocycles. The van der Waals surface area contributed by atoms with E-state index in [4.69, 9.17) is 0 Å². The highest BCUT2D eigenvalue weighted by molar-refractivity contribution is 7.22. The second-order valence-electron chi connectivity index (χ2n) is 8.03. The molecule has 0 fully saturated rings. The second kappa shape index (κ2) is 5.47. The molecule has 0 bridgehead atoms. The minimum atomic E-state index is -0.0577. The summed E-state index contributed by atoms with van der Waals surface area (Å²) >= 11 is 1.74. The van der Waals surface area contributed by atoms with Gasteiger partial charge in [0, 0.05) is 34.8 Å². The molecule has 4 heterocycles. The fraction of sp³-hybridized carbons (Fsp3) is 0.421. The molecule has 0 aromatic carbocycles. The number of nitrogens with zero attached hydrogens (tertiary/aromatic N) is 4. The van der Waals surface area contributed by atoms with Crippen molar-refractivity contribution in [2.75, 3.05) is 0 Å². The maximum atomic E-state index is 4.66. The molecule has 130 valence electrons. The minimum absolute atomic E-state index is 0.0360. The van der Waals surface area contributed by atoms with Gasteiger partial charge in [0.1, 0.15) is 6.33 Å². The van der Waals surface area contributed by atoms with Crippen LogP contribution in [0.25, 0.3) is 26.2 Å². The Bertz CT molecular complexity index is 977. The summed E-state index contributed by atoms with van der Waals surface area (Å²) in [4.78, 5) is 10.3. The molecule has 0 spiro atoms. The number of nitrogens with one attached hydrogen (secondary N) is 1. The lowest BCUT2D eigenvalue weighted by atomic mass is 9.82. The standard InChI is InChI=1S/C19H23N5S/c1-18(2)7-12(8-19(3,4)23-18)16-17-14(20-11-21-16)6-15(25-17)13-9-22-24(5)10-13/h6-7,9-11,23H,8H2,1-5H3. The van der Waals surface area contributed by atoms with Crippen molar-refractivity contribution in [3.63, 3.8) is 0 Å². The Balaban J connectivity index is 1.85. The normalized spacial score (nSPS) is 19.2. The number of thiophene rings is 1. The van der Waals surface area contributed by atoms with Crippen molar-refractivity contribution in [2.24, 2.45) is 7.05 Å². The lowest BCUT2D eigenvalue weighted by molar-refractivity contribution is 0.297. The van der Waals surface area contributed by atoms with E-state index in [9.17, 15) is 0 Å². The minimum Gasteiger partial charge on any atom is -0.303 e. The van der Waals surface area contributed by atoms with Gasteiger partial charge in [-0.25, -0.2) is 9.97 Å². The van der Waals surface area contributed by atoms with E-state index in [-0.39, 0.29) is 11.1 Å². The average molecular weight is 353 g/mol. The summed E-state index contributed by atoms with van der Waals surface area (Å²) in [6.07, 6.45) is 8.87. The average Bonchev–Trinajstić information content (AvgIpc) is 3.09. The van der Waals surface area contributed by atoms with Gasteiger partial charge in [-0.15, -0.1) is 11.3 Å². The molecule has 0 unspecified atom stereocenters. The zero-order valence-corrected chi connectivity index (χ0v) is 16.1. The molecule has 3 aromatic heterocycles. The zero-order valence-electron chi connectivity index (χ0n) is 15.3. The van der Waals surface area contributed by atoms with Gasteiger partial charge in [0.05, 0.1) is 22.1 Å². The van der Waals surface area contributed by atoms with Crippen molar-refractivity contribution in [2.45, 2.75) is 45.2 Å². The van der Waals surface area contributed by atoms with Gasteiger partial charge in [-0.05, 0) is 45.8 Å². The number of aryl methyl sites for hydroxylation is 1. The van der Waals surface area contributed by atoms with Gasteiger partial charge in [0.25, 0.3) is 0 Å². The van der Waals surface area contributed by atoms with E-state index in [2.05, 4.69) is 60.2 Å². The summed E-state index contributed by atoms with van der Waals surface area (Å²) in [5.41, 5.74) is 4.46. The van der Waals surface area contributed by atoms with Gasteiger partial charge in [0.2, 0.25) is 0 Å². The highest BCUT2D eigenvalue weighted by atomic mass is 32.1. The molecule has 4 rings (SSSR count). The first kappa shape index (κ1) is 16.4. The lowest BCUT2D eigenvalue weighted by Gasteiger charge is -2.41. The Morgan fingerprint density at radius 3 is 2.68 bits per heavy atom. The Hall–Kier alpha value is -2.05. The van der Waals surface area contributed by atoms with Crippen molar-refractivity contribution < 1.29 is 0 Å². The van der Waals surface area contributed by atoms with E-state index >= 15 is 0 Å². The molecular weight excluding hydrogens is 330 g/mol. The maximum absolute atomic E-state index is 4.66. The molecule has 0 saturated carbocycles. The van der Waals surface area contributed by atoms with Gasteiger partial charge < -0.3 is 5.32 Å². The molecule has 0 radical (unpaired) electrons. The van der Waals surface area contributed by atoms with Gasteiger partial charge >= 0.3 is 0 Å². The van der Waals surface area contributed by atoms with Crippen molar-refractivity contribution in [1.29, 1.82) is 0 Å². The van der Waals surface area contributed by atoms with E-state index < -0.39 is 0 Å². The predicted molar refractivity (Wildman–Crippen MR) is 104 cm³/mol. The van der Waals surface area contributed by atoms with Gasteiger partial charge in [-0.2, -0.15) is 5.10 Å². The summed E-state index contributed by atoms with van der Waals surface area (Å²) in [5.74, 6) is 0. The Morgan fingerprint density at radius 1 is 1.20 bits per heavy atom. The molecule has 1 aliphatic rings. The van der Waals surface area contributed by atoms with E-state index in [1.165, 1.54) is 10.5 Å². The number of hydrogen-bond donors (Lipinski definition) is 1. The smallest absolute Gasteiger partial charge is 0.116 e. The topological polar surface area (TPSA) is 55.6 Å². The third-order valence-corrected chi connectivity index (χ3v) is 5.61. The van der Waals surface area contributed by atoms with E-state index in [1.807, 2.05) is 24.1 Å². The van der Waals surface area contributed by atoms with Crippen LogP contribution in [0.2, 0.25) is 0 Å². The SMILES string of the molecule is Cn1cc(-c2cc3ncnc(C4=CC(C)(C)NC(C)(C)C4)c3s2)cn1. The van der Waals surface area contributed by atoms with Crippen LogP contribution in [-0.2, 0) is 7.05 Å². The summed E-state index contributed by atoms with van der Waals surface area (Å²) < 4.78 is 2.98. The van der Waals surface area contributed by atoms with E-state index in [0.717, 1.165) is 27.9 Å². The van der Waals surface area contributed by atoms with E-state index in [0.29, 0.717) is 0 Å². The number of fused-ring (bicyclic) bond motifs is 1. The van der Waals surface area contributed by atoms with Gasteiger partial charge in [0.15, 0.2) is 0 Å². The van der Waals surface area contributed by atoms with E-state index in [1.54, 1.807) is 17.7 Å². The highest BCUT2D eigenvalue weighted by Gasteiger charge is 2.33.